The predicted molar refractivity (Wildman–Crippen MR) is 74.7 cm³/mol. The third-order valence-corrected chi connectivity index (χ3v) is 3.15. The Morgan fingerprint density at radius 3 is 2.35 bits per heavy atom. The van der Waals surface area contributed by atoms with Crippen molar-refractivity contribution < 1.29 is 17.2 Å². The van der Waals surface area contributed by atoms with Gasteiger partial charge in [0.1, 0.15) is 11.6 Å². The lowest BCUT2D eigenvalue weighted by atomic mass is 10.0. The number of hydrogen-bond acceptors (Lipinski definition) is 3. The number of nitrogens with two attached hydrogens (primary N) is 1. The molecular weight excluding hydrogens is 286 g/mol. The summed E-state index contributed by atoms with van der Waals surface area (Å²) in [4.78, 5) is 0. The highest BCUT2D eigenvalue weighted by molar-refractivity contribution is 7.92. The van der Waals surface area contributed by atoms with Gasteiger partial charge in [0.25, 0.3) is 0 Å². The largest absolute Gasteiger partial charge is 0.399 e. The van der Waals surface area contributed by atoms with Gasteiger partial charge in [-0.05, 0) is 36.4 Å². The van der Waals surface area contributed by atoms with Crippen molar-refractivity contribution in [3.8, 4) is 11.1 Å². The molecule has 3 N–H and O–H groups in total. The van der Waals surface area contributed by atoms with Gasteiger partial charge in [0.05, 0.1) is 11.9 Å². The van der Waals surface area contributed by atoms with Crippen molar-refractivity contribution in [2.24, 2.45) is 0 Å². The Morgan fingerprint density at radius 1 is 1.05 bits per heavy atom. The highest BCUT2D eigenvalue weighted by atomic mass is 32.2. The summed E-state index contributed by atoms with van der Waals surface area (Å²) < 4.78 is 52.1. The van der Waals surface area contributed by atoms with Crippen molar-refractivity contribution >= 4 is 21.4 Å². The second-order valence-corrected chi connectivity index (χ2v) is 6.05. The van der Waals surface area contributed by atoms with E-state index in [1.54, 1.807) is 0 Å². The van der Waals surface area contributed by atoms with Gasteiger partial charge in [0.2, 0.25) is 10.0 Å². The van der Waals surface area contributed by atoms with Gasteiger partial charge in [-0.1, -0.05) is 0 Å². The standard InChI is InChI=1S/C13H12F2N2O2S/c1-20(18,19)17-13-5-2-8(14)6-11(13)10-4-3-9(16)7-12(10)15/h2-7,17H,16H2,1H3. The first kappa shape index (κ1) is 14.3. The summed E-state index contributed by atoms with van der Waals surface area (Å²) in [6.45, 7) is 0. The molecule has 0 atom stereocenters. The number of nitrogen functional groups attached to an aromatic ring is 1. The molecular formula is C13H12F2N2O2S. The van der Waals surface area contributed by atoms with Crippen LogP contribution in [0.3, 0.4) is 0 Å². The van der Waals surface area contributed by atoms with Gasteiger partial charge >= 0.3 is 0 Å². The molecule has 2 rings (SSSR count). The van der Waals surface area contributed by atoms with Crippen LogP contribution in [0.4, 0.5) is 20.2 Å². The Balaban J connectivity index is 2.62. The van der Waals surface area contributed by atoms with E-state index in [9.17, 15) is 17.2 Å². The molecule has 0 saturated heterocycles. The van der Waals surface area contributed by atoms with Crippen LogP contribution in [-0.2, 0) is 10.0 Å². The first-order valence-corrected chi connectivity index (χ1v) is 7.48. The third kappa shape index (κ3) is 3.24. The van der Waals surface area contributed by atoms with Crippen molar-refractivity contribution in [1.82, 2.24) is 0 Å². The van der Waals surface area contributed by atoms with E-state index in [1.807, 2.05) is 0 Å². The van der Waals surface area contributed by atoms with Gasteiger partial charge in [-0.2, -0.15) is 0 Å². The number of rotatable bonds is 3. The van der Waals surface area contributed by atoms with Crippen LogP contribution in [0.25, 0.3) is 11.1 Å². The fraction of sp³-hybridized carbons (Fsp3) is 0.0769. The monoisotopic (exact) mass is 298 g/mol. The molecule has 0 aliphatic carbocycles. The SMILES string of the molecule is CS(=O)(=O)Nc1ccc(F)cc1-c1ccc(N)cc1F. The first-order chi connectivity index (χ1) is 9.26. The maximum absolute atomic E-state index is 13.9. The fourth-order valence-electron chi connectivity index (χ4n) is 1.78. The Labute approximate surface area is 115 Å². The van der Waals surface area contributed by atoms with Gasteiger partial charge in [0.15, 0.2) is 0 Å². The molecule has 0 spiro atoms. The van der Waals surface area contributed by atoms with Gasteiger partial charge in [0, 0.05) is 16.8 Å². The van der Waals surface area contributed by atoms with E-state index in [0.717, 1.165) is 24.5 Å². The van der Waals surface area contributed by atoms with E-state index in [2.05, 4.69) is 4.72 Å². The van der Waals surface area contributed by atoms with Crippen molar-refractivity contribution in [2.75, 3.05) is 16.7 Å². The minimum atomic E-state index is -3.56. The summed E-state index contributed by atoms with van der Waals surface area (Å²) in [5, 5.41) is 0. The number of hydrogen-bond donors (Lipinski definition) is 2. The molecule has 0 saturated carbocycles. The molecule has 0 fully saturated rings. The van der Waals surface area contributed by atoms with E-state index in [4.69, 9.17) is 5.73 Å². The van der Waals surface area contributed by atoms with Crippen molar-refractivity contribution in [1.29, 1.82) is 0 Å². The van der Waals surface area contributed by atoms with Crippen LogP contribution in [0.2, 0.25) is 0 Å². The van der Waals surface area contributed by atoms with E-state index in [0.29, 0.717) is 0 Å². The van der Waals surface area contributed by atoms with Gasteiger partial charge in [-0.25, -0.2) is 17.2 Å². The van der Waals surface area contributed by atoms with Crippen molar-refractivity contribution in [3.63, 3.8) is 0 Å². The minimum Gasteiger partial charge on any atom is -0.399 e. The lowest BCUT2D eigenvalue weighted by Gasteiger charge is -2.12. The maximum atomic E-state index is 13.9. The van der Waals surface area contributed by atoms with Crippen molar-refractivity contribution in [2.45, 2.75) is 0 Å². The Bertz CT molecular complexity index is 761. The zero-order chi connectivity index (χ0) is 14.9. The number of sulfonamides is 1. The van der Waals surface area contributed by atoms with Gasteiger partial charge < -0.3 is 5.73 Å². The van der Waals surface area contributed by atoms with Crippen LogP contribution in [0.5, 0.6) is 0 Å². The van der Waals surface area contributed by atoms with E-state index >= 15 is 0 Å². The topological polar surface area (TPSA) is 72.2 Å². The van der Waals surface area contributed by atoms with Crippen LogP contribution in [-0.4, -0.2) is 14.7 Å². The molecule has 0 aliphatic rings. The molecule has 4 nitrogen and oxygen atoms in total. The molecule has 0 aromatic heterocycles. The predicted octanol–water partition coefficient (Wildman–Crippen LogP) is 2.59. The smallest absolute Gasteiger partial charge is 0.229 e. The van der Waals surface area contributed by atoms with Gasteiger partial charge in [-0.15, -0.1) is 0 Å². The molecule has 2 aromatic carbocycles. The summed E-state index contributed by atoms with van der Waals surface area (Å²) in [5.41, 5.74) is 5.93. The number of nitrogens with one attached hydrogen (secondary N) is 1. The van der Waals surface area contributed by atoms with Crippen LogP contribution < -0.4 is 10.5 Å². The Hall–Kier alpha value is -2.15. The maximum Gasteiger partial charge on any atom is 0.229 e. The molecule has 7 heteroatoms. The first-order valence-electron chi connectivity index (χ1n) is 5.59. The average Bonchev–Trinajstić information content (AvgIpc) is 2.30. The average molecular weight is 298 g/mol. The summed E-state index contributed by atoms with van der Waals surface area (Å²) in [6, 6.07) is 7.29. The lowest BCUT2D eigenvalue weighted by Crippen LogP contribution is -2.10. The summed E-state index contributed by atoms with van der Waals surface area (Å²) in [7, 11) is -3.56. The minimum absolute atomic E-state index is 0.0600. The number of benzene rings is 2. The van der Waals surface area contributed by atoms with Gasteiger partial charge in [-0.3, -0.25) is 4.72 Å². The third-order valence-electron chi connectivity index (χ3n) is 2.56. The molecule has 0 radical (unpaired) electrons. The normalized spacial score (nSPS) is 11.3. The van der Waals surface area contributed by atoms with E-state index < -0.39 is 21.7 Å². The highest BCUT2D eigenvalue weighted by Crippen LogP contribution is 2.32. The molecule has 106 valence electrons. The molecule has 20 heavy (non-hydrogen) atoms. The summed E-state index contributed by atoms with van der Waals surface area (Å²) in [6.07, 6.45) is 0.958. The van der Waals surface area contributed by atoms with Crippen molar-refractivity contribution in [3.05, 3.63) is 48.0 Å². The van der Waals surface area contributed by atoms with Crippen LogP contribution >= 0.6 is 0 Å². The second-order valence-electron chi connectivity index (χ2n) is 4.30. The molecule has 2 aromatic rings. The Kier molecular flexibility index (Phi) is 3.63. The molecule has 0 bridgehead atoms. The Morgan fingerprint density at radius 2 is 1.75 bits per heavy atom. The van der Waals surface area contributed by atoms with Crippen LogP contribution in [0, 0.1) is 11.6 Å². The van der Waals surface area contributed by atoms with Crippen LogP contribution in [0.15, 0.2) is 36.4 Å². The summed E-state index contributed by atoms with van der Waals surface area (Å²) >= 11 is 0. The van der Waals surface area contributed by atoms with E-state index in [-0.39, 0.29) is 22.5 Å². The quantitative estimate of drug-likeness (QED) is 0.855. The van der Waals surface area contributed by atoms with E-state index in [1.165, 1.54) is 18.2 Å². The molecule has 0 aliphatic heterocycles. The number of anilines is 2. The lowest BCUT2D eigenvalue weighted by molar-refractivity contribution is 0.606. The second kappa shape index (κ2) is 5.09. The highest BCUT2D eigenvalue weighted by Gasteiger charge is 2.14. The molecule has 0 amide bonds. The fourth-order valence-corrected chi connectivity index (χ4v) is 2.36. The zero-order valence-corrected chi connectivity index (χ0v) is 11.3. The number of halogens is 2. The zero-order valence-electron chi connectivity index (χ0n) is 10.5. The molecule has 0 unspecified atom stereocenters. The molecule has 0 heterocycles. The summed E-state index contributed by atoms with van der Waals surface area (Å²) in [5.74, 6) is -1.26. The van der Waals surface area contributed by atoms with Crippen LogP contribution in [0.1, 0.15) is 0 Å².